The minimum atomic E-state index is -1.89. The highest BCUT2D eigenvalue weighted by Crippen LogP contribution is 2.44. The number of hydrogen-bond donors (Lipinski definition) is 1. The normalized spacial score (nSPS) is 20.0. The van der Waals surface area contributed by atoms with Gasteiger partial charge < -0.3 is 19.5 Å². The number of unbranched alkanes of at least 4 members (excludes halogenated alkanes) is 1. The Labute approximate surface area is 177 Å². The largest absolute Gasteiger partial charge is 0.486 e. The summed E-state index contributed by atoms with van der Waals surface area (Å²) in [6, 6.07) is 10.3. The molecule has 0 saturated heterocycles. The number of fused-ring (bicyclic) bond motifs is 2. The molecule has 0 aliphatic carbocycles. The highest BCUT2D eigenvalue weighted by molar-refractivity contribution is 9.10. The van der Waals surface area contributed by atoms with Crippen LogP contribution in [0.25, 0.3) is 0 Å². The van der Waals surface area contributed by atoms with Crippen LogP contribution in [0.1, 0.15) is 42.1 Å². The Morgan fingerprint density at radius 1 is 1.17 bits per heavy atom. The molecule has 152 valence electrons. The third kappa shape index (κ3) is 3.53. The van der Waals surface area contributed by atoms with E-state index in [-0.39, 0.29) is 12.2 Å². The van der Waals surface area contributed by atoms with E-state index in [4.69, 9.17) is 9.47 Å². The monoisotopic (exact) mass is 459 g/mol. The maximum atomic E-state index is 13.2. The number of hydrogen-bond acceptors (Lipinski definition) is 5. The number of rotatable bonds is 6. The molecule has 0 radical (unpaired) electrons. The van der Waals surface area contributed by atoms with E-state index in [9.17, 15) is 14.7 Å². The molecule has 0 fully saturated rings. The van der Waals surface area contributed by atoms with Gasteiger partial charge in [-0.2, -0.15) is 0 Å². The zero-order chi connectivity index (χ0) is 20.6. The molecule has 2 aliphatic rings. The fourth-order valence-electron chi connectivity index (χ4n) is 3.78. The van der Waals surface area contributed by atoms with Crippen molar-refractivity contribution >= 4 is 33.3 Å². The van der Waals surface area contributed by atoms with Crippen molar-refractivity contribution in [2.75, 3.05) is 24.7 Å². The molecule has 0 bridgehead atoms. The van der Waals surface area contributed by atoms with Gasteiger partial charge in [-0.05, 0) is 42.8 Å². The number of halogens is 1. The van der Waals surface area contributed by atoms with Crippen LogP contribution in [0.15, 0.2) is 40.9 Å². The van der Waals surface area contributed by atoms with E-state index >= 15 is 0 Å². The molecule has 0 aromatic heterocycles. The molecule has 1 atom stereocenters. The molecule has 0 unspecified atom stereocenters. The lowest BCUT2D eigenvalue weighted by Crippen LogP contribution is -2.42. The highest BCUT2D eigenvalue weighted by Gasteiger charge is 2.50. The molecule has 0 spiro atoms. The molecule has 6 nitrogen and oxygen atoms in total. The van der Waals surface area contributed by atoms with Gasteiger partial charge >= 0.3 is 0 Å². The Bertz CT molecular complexity index is 976. The highest BCUT2D eigenvalue weighted by atomic mass is 79.9. The molecular formula is C22H22BrNO5. The van der Waals surface area contributed by atoms with Gasteiger partial charge in [-0.15, -0.1) is 0 Å². The van der Waals surface area contributed by atoms with Crippen LogP contribution in [0.5, 0.6) is 11.5 Å². The van der Waals surface area contributed by atoms with Gasteiger partial charge in [0.25, 0.3) is 5.91 Å². The van der Waals surface area contributed by atoms with Crippen molar-refractivity contribution in [1.82, 2.24) is 0 Å². The third-order valence-electron chi connectivity index (χ3n) is 5.31. The van der Waals surface area contributed by atoms with E-state index in [0.29, 0.717) is 48.1 Å². The van der Waals surface area contributed by atoms with E-state index in [1.807, 2.05) is 13.0 Å². The Kier molecular flexibility index (Phi) is 5.36. The summed E-state index contributed by atoms with van der Waals surface area (Å²) >= 11 is 3.41. The van der Waals surface area contributed by atoms with Crippen LogP contribution < -0.4 is 14.4 Å². The molecule has 2 aromatic rings. The van der Waals surface area contributed by atoms with Gasteiger partial charge in [0.05, 0.1) is 12.1 Å². The van der Waals surface area contributed by atoms with E-state index in [1.165, 1.54) is 0 Å². The van der Waals surface area contributed by atoms with Gasteiger partial charge in [-0.25, -0.2) is 0 Å². The lowest BCUT2D eigenvalue weighted by atomic mass is 9.88. The van der Waals surface area contributed by atoms with E-state index in [0.717, 1.165) is 17.3 Å². The summed E-state index contributed by atoms with van der Waals surface area (Å²) < 4.78 is 11.8. The fourth-order valence-corrected chi connectivity index (χ4v) is 4.14. The number of aliphatic hydroxyl groups is 1. The van der Waals surface area contributed by atoms with Gasteiger partial charge in [-0.3, -0.25) is 9.59 Å². The molecule has 4 rings (SSSR count). The first kappa shape index (κ1) is 19.9. The Balaban J connectivity index is 1.66. The number of benzene rings is 2. The molecule has 7 heteroatoms. The lowest BCUT2D eigenvalue weighted by molar-refractivity contribution is -0.135. The van der Waals surface area contributed by atoms with Crippen molar-refractivity contribution < 1.29 is 24.2 Å². The van der Waals surface area contributed by atoms with Crippen molar-refractivity contribution in [3.05, 3.63) is 52.0 Å². The molecule has 2 aliphatic heterocycles. The SMILES string of the molecule is CCCCN1C(=O)[C@@](O)(CC(=O)c2ccc3c(c2)OCCO3)c2cc(Br)ccc21. The van der Waals surface area contributed by atoms with Crippen LogP contribution in [0.3, 0.4) is 0 Å². The average molecular weight is 460 g/mol. The number of carbonyl (C=O) groups is 2. The van der Waals surface area contributed by atoms with Crippen LogP contribution in [0.2, 0.25) is 0 Å². The summed E-state index contributed by atoms with van der Waals surface area (Å²) in [5.74, 6) is 0.300. The Morgan fingerprint density at radius 3 is 2.69 bits per heavy atom. The Morgan fingerprint density at radius 2 is 1.93 bits per heavy atom. The molecule has 2 aromatic carbocycles. The second-order valence-corrected chi connectivity index (χ2v) is 8.21. The zero-order valence-corrected chi connectivity index (χ0v) is 17.7. The van der Waals surface area contributed by atoms with Crippen LogP contribution in [-0.2, 0) is 10.4 Å². The number of ketones is 1. The summed E-state index contributed by atoms with van der Waals surface area (Å²) in [7, 11) is 0. The van der Waals surface area contributed by atoms with Gasteiger partial charge in [0.2, 0.25) is 0 Å². The summed E-state index contributed by atoms with van der Waals surface area (Å²) in [5, 5.41) is 11.4. The van der Waals surface area contributed by atoms with Gasteiger partial charge in [0, 0.05) is 22.1 Å². The van der Waals surface area contributed by atoms with Crippen molar-refractivity contribution in [3.8, 4) is 11.5 Å². The number of amides is 1. The second-order valence-electron chi connectivity index (χ2n) is 7.29. The number of anilines is 1. The third-order valence-corrected chi connectivity index (χ3v) is 5.80. The number of nitrogens with zero attached hydrogens (tertiary/aromatic N) is 1. The van der Waals surface area contributed by atoms with Gasteiger partial charge in [-0.1, -0.05) is 29.3 Å². The average Bonchev–Trinajstić information content (AvgIpc) is 2.92. The van der Waals surface area contributed by atoms with Gasteiger partial charge in [0.15, 0.2) is 22.9 Å². The first-order valence-electron chi connectivity index (χ1n) is 9.71. The maximum Gasteiger partial charge on any atom is 0.264 e. The minimum Gasteiger partial charge on any atom is -0.486 e. The van der Waals surface area contributed by atoms with E-state index in [1.54, 1.807) is 35.2 Å². The summed E-state index contributed by atoms with van der Waals surface area (Å²) in [6.45, 7) is 3.43. The van der Waals surface area contributed by atoms with Crippen LogP contribution in [-0.4, -0.2) is 36.6 Å². The Hall–Kier alpha value is -2.38. The number of Topliss-reactive ketones (excluding diaryl/α,β-unsaturated/α-hetero) is 1. The first-order valence-corrected chi connectivity index (χ1v) is 10.5. The van der Waals surface area contributed by atoms with E-state index < -0.39 is 11.5 Å². The quantitative estimate of drug-likeness (QED) is 0.664. The molecule has 0 saturated carbocycles. The minimum absolute atomic E-state index is 0.332. The molecule has 29 heavy (non-hydrogen) atoms. The predicted octanol–water partition coefficient (Wildman–Crippen LogP) is 3.83. The fraction of sp³-hybridized carbons (Fsp3) is 0.364. The van der Waals surface area contributed by atoms with Crippen molar-refractivity contribution in [3.63, 3.8) is 0 Å². The smallest absolute Gasteiger partial charge is 0.264 e. The zero-order valence-electron chi connectivity index (χ0n) is 16.1. The lowest BCUT2D eigenvalue weighted by Gasteiger charge is -2.23. The van der Waals surface area contributed by atoms with Gasteiger partial charge in [0.1, 0.15) is 13.2 Å². The standard InChI is InChI=1S/C22H22BrNO5/c1-2-3-8-24-17-6-5-15(23)12-16(17)22(27,21(24)26)13-18(25)14-4-7-19-20(11-14)29-10-9-28-19/h4-7,11-12,27H,2-3,8-10,13H2,1H3/t22-/m1/s1. The maximum absolute atomic E-state index is 13.2. The van der Waals surface area contributed by atoms with Crippen LogP contribution in [0.4, 0.5) is 5.69 Å². The van der Waals surface area contributed by atoms with E-state index in [2.05, 4.69) is 15.9 Å². The summed E-state index contributed by atoms with van der Waals surface area (Å²) in [5.41, 5.74) is -0.404. The summed E-state index contributed by atoms with van der Waals surface area (Å²) in [6.07, 6.45) is 1.40. The topological polar surface area (TPSA) is 76.1 Å². The van der Waals surface area contributed by atoms with Crippen molar-refractivity contribution in [1.29, 1.82) is 0 Å². The molecular weight excluding hydrogens is 438 g/mol. The van der Waals surface area contributed by atoms with Crippen molar-refractivity contribution in [2.24, 2.45) is 0 Å². The molecule has 1 amide bonds. The number of carbonyl (C=O) groups excluding carboxylic acids is 2. The first-order chi connectivity index (χ1) is 13.9. The molecule has 1 N–H and O–H groups in total. The predicted molar refractivity (Wildman–Crippen MR) is 112 cm³/mol. The van der Waals surface area contributed by atoms with Crippen LogP contribution in [0, 0.1) is 0 Å². The number of ether oxygens (including phenoxy) is 2. The molecule has 2 heterocycles. The second kappa shape index (κ2) is 7.80. The summed E-state index contributed by atoms with van der Waals surface area (Å²) in [4.78, 5) is 27.8. The van der Waals surface area contributed by atoms with Crippen molar-refractivity contribution in [2.45, 2.75) is 31.8 Å². The van der Waals surface area contributed by atoms with Crippen LogP contribution >= 0.6 is 15.9 Å².